The second-order valence-corrected chi connectivity index (χ2v) is 3.27. The number of aromatic nitrogens is 1. The molecule has 1 aromatic heterocycles. The van der Waals surface area contributed by atoms with E-state index in [2.05, 4.69) is 27.6 Å². The Morgan fingerprint density at radius 1 is 1.70 bits per heavy atom. The van der Waals surface area contributed by atoms with Crippen molar-refractivity contribution in [1.82, 2.24) is 4.98 Å². The number of pyridine rings is 1. The summed E-state index contributed by atoms with van der Waals surface area (Å²) in [7, 11) is 0. The number of hydrogen-bond acceptors (Lipinski definition) is 2. The minimum absolute atomic E-state index is 0.492. The van der Waals surface area contributed by atoms with E-state index in [0.29, 0.717) is 11.6 Å². The smallest absolute Gasteiger partial charge is 0.105 e. The zero-order valence-electron chi connectivity index (χ0n) is 5.14. The summed E-state index contributed by atoms with van der Waals surface area (Å²) in [4.78, 5) is 4.02. The quantitative estimate of drug-likeness (QED) is 0.623. The summed E-state index contributed by atoms with van der Waals surface area (Å²) in [5.41, 5.74) is 6.41. The predicted octanol–water partition coefficient (Wildman–Crippen LogP) is 1.80. The number of halogens is 2. The molecule has 54 valence electrons. The van der Waals surface area contributed by atoms with Gasteiger partial charge in [-0.15, -0.1) is 0 Å². The van der Waals surface area contributed by atoms with Gasteiger partial charge < -0.3 is 5.73 Å². The maximum Gasteiger partial charge on any atom is 0.105 e. The van der Waals surface area contributed by atoms with Gasteiger partial charge in [-0.3, -0.25) is 0 Å². The molecule has 0 bridgehead atoms. The molecule has 10 heavy (non-hydrogen) atoms. The Balaban J connectivity index is 3.09. The summed E-state index contributed by atoms with van der Waals surface area (Å²) < 4.78 is 0.921. The molecule has 0 saturated heterocycles. The minimum Gasteiger partial charge on any atom is -0.326 e. The zero-order chi connectivity index (χ0) is 7.56. The van der Waals surface area contributed by atoms with Gasteiger partial charge in [-0.05, 0) is 34.2 Å². The van der Waals surface area contributed by atoms with Gasteiger partial charge in [-0.2, -0.15) is 0 Å². The van der Waals surface area contributed by atoms with Crippen molar-refractivity contribution in [2.24, 2.45) is 5.73 Å². The van der Waals surface area contributed by atoms with E-state index in [1.165, 1.54) is 0 Å². The van der Waals surface area contributed by atoms with Gasteiger partial charge in [0.15, 0.2) is 0 Å². The Hall–Kier alpha value is 0.130. The van der Waals surface area contributed by atoms with Crippen LogP contribution in [-0.2, 0) is 6.54 Å². The highest BCUT2D eigenvalue weighted by Gasteiger charge is 1.98. The number of nitrogens with two attached hydrogens (primary N) is 1. The van der Waals surface area contributed by atoms with Gasteiger partial charge in [0.05, 0.1) is 5.02 Å². The molecular weight excluding hydrogens is 262 g/mol. The molecule has 2 N–H and O–H groups in total. The lowest BCUT2D eigenvalue weighted by Crippen LogP contribution is -2.00. The van der Waals surface area contributed by atoms with Gasteiger partial charge in [0.2, 0.25) is 0 Å². The fourth-order valence-corrected chi connectivity index (χ4v) is 1.30. The SMILES string of the molecule is NCc1cc(Cl)cnc1I. The highest BCUT2D eigenvalue weighted by Crippen LogP contribution is 2.13. The summed E-state index contributed by atoms with van der Waals surface area (Å²) in [6, 6.07) is 1.83. The van der Waals surface area contributed by atoms with Crippen LogP contribution in [0, 0.1) is 3.70 Å². The normalized spacial score (nSPS) is 9.90. The largest absolute Gasteiger partial charge is 0.326 e. The van der Waals surface area contributed by atoms with E-state index < -0.39 is 0 Å². The van der Waals surface area contributed by atoms with E-state index in [4.69, 9.17) is 17.3 Å². The van der Waals surface area contributed by atoms with Crippen molar-refractivity contribution < 1.29 is 0 Å². The number of nitrogens with zero attached hydrogens (tertiary/aromatic N) is 1. The minimum atomic E-state index is 0.492. The van der Waals surface area contributed by atoms with Crippen LogP contribution in [0.2, 0.25) is 5.02 Å². The van der Waals surface area contributed by atoms with Gasteiger partial charge in [0.1, 0.15) is 3.70 Å². The molecule has 0 fully saturated rings. The van der Waals surface area contributed by atoms with E-state index in [-0.39, 0.29) is 0 Å². The topological polar surface area (TPSA) is 38.9 Å². The van der Waals surface area contributed by atoms with E-state index >= 15 is 0 Å². The first kappa shape index (κ1) is 8.23. The molecule has 0 aliphatic carbocycles. The third kappa shape index (κ3) is 1.81. The summed E-state index contributed by atoms with van der Waals surface area (Å²) in [6.45, 7) is 0.492. The van der Waals surface area contributed by atoms with Crippen LogP contribution in [0.3, 0.4) is 0 Å². The van der Waals surface area contributed by atoms with Crippen molar-refractivity contribution in [3.8, 4) is 0 Å². The molecule has 0 aliphatic rings. The number of hydrogen-bond donors (Lipinski definition) is 1. The van der Waals surface area contributed by atoms with Gasteiger partial charge in [0, 0.05) is 12.7 Å². The Bertz CT molecular complexity index is 239. The first-order valence-electron chi connectivity index (χ1n) is 2.74. The van der Waals surface area contributed by atoms with Crippen molar-refractivity contribution in [2.45, 2.75) is 6.54 Å². The van der Waals surface area contributed by atoms with Crippen LogP contribution in [0.5, 0.6) is 0 Å². The van der Waals surface area contributed by atoms with Crippen LogP contribution in [0.4, 0.5) is 0 Å². The third-order valence-electron chi connectivity index (χ3n) is 1.10. The first-order valence-corrected chi connectivity index (χ1v) is 4.19. The van der Waals surface area contributed by atoms with Crippen LogP contribution in [0.15, 0.2) is 12.3 Å². The fourth-order valence-electron chi connectivity index (χ4n) is 0.608. The van der Waals surface area contributed by atoms with E-state index in [1.54, 1.807) is 6.20 Å². The molecule has 0 saturated carbocycles. The molecule has 1 rings (SSSR count). The molecule has 0 amide bonds. The zero-order valence-corrected chi connectivity index (χ0v) is 8.06. The molecule has 0 radical (unpaired) electrons. The number of rotatable bonds is 1. The molecule has 2 nitrogen and oxygen atoms in total. The Kier molecular flexibility index (Phi) is 2.88. The summed E-state index contributed by atoms with van der Waals surface area (Å²) >= 11 is 7.80. The highest BCUT2D eigenvalue weighted by atomic mass is 127. The predicted molar refractivity (Wildman–Crippen MR) is 49.9 cm³/mol. The third-order valence-corrected chi connectivity index (χ3v) is 2.28. The van der Waals surface area contributed by atoms with E-state index in [1.807, 2.05) is 6.07 Å². The van der Waals surface area contributed by atoms with Gasteiger partial charge in [-0.25, -0.2) is 4.98 Å². The van der Waals surface area contributed by atoms with E-state index in [9.17, 15) is 0 Å². The van der Waals surface area contributed by atoms with Crippen molar-refractivity contribution in [1.29, 1.82) is 0 Å². The second-order valence-electron chi connectivity index (χ2n) is 1.81. The molecule has 0 atom stereocenters. The average molecular weight is 268 g/mol. The van der Waals surface area contributed by atoms with Crippen LogP contribution >= 0.6 is 34.2 Å². The molecule has 0 spiro atoms. The van der Waals surface area contributed by atoms with Crippen molar-refractivity contribution >= 4 is 34.2 Å². The van der Waals surface area contributed by atoms with Crippen LogP contribution in [0.25, 0.3) is 0 Å². The maximum atomic E-state index is 5.67. The maximum absolute atomic E-state index is 5.67. The Labute approximate surface area is 77.9 Å². The van der Waals surface area contributed by atoms with Gasteiger partial charge >= 0.3 is 0 Å². The first-order chi connectivity index (χ1) is 4.74. The molecule has 0 aliphatic heterocycles. The van der Waals surface area contributed by atoms with Crippen molar-refractivity contribution in [3.05, 3.63) is 26.5 Å². The molecule has 0 unspecified atom stereocenters. The van der Waals surface area contributed by atoms with Crippen molar-refractivity contribution in [2.75, 3.05) is 0 Å². The highest BCUT2D eigenvalue weighted by molar-refractivity contribution is 14.1. The lowest BCUT2D eigenvalue weighted by Gasteiger charge is -1.98. The van der Waals surface area contributed by atoms with Gasteiger partial charge in [0.25, 0.3) is 0 Å². The lowest BCUT2D eigenvalue weighted by molar-refractivity contribution is 1.03. The van der Waals surface area contributed by atoms with Gasteiger partial charge in [-0.1, -0.05) is 11.6 Å². The van der Waals surface area contributed by atoms with Crippen LogP contribution in [0.1, 0.15) is 5.56 Å². The summed E-state index contributed by atoms with van der Waals surface area (Å²) in [5, 5.41) is 0.640. The second kappa shape index (κ2) is 3.50. The molecule has 4 heteroatoms. The summed E-state index contributed by atoms with van der Waals surface area (Å²) in [6.07, 6.45) is 1.61. The van der Waals surface area contributed by atoms with E-state index in [0.717, 1.165) is 9.26 Å². The van der Waals surface area contributed by atoms with Crippen LogP contribution < -0.4 is 5.73 Å². The fraction of sp³-hybridized carbons (Fsp3) is 0.167. The standard InChI is InChI=1S/C6H6ClIN2/c7-5-1-4(2-9)6(8)10-3-5/h1,3H,2,9H2. The molecule has 0 aromatic carbocycles. The molecular formula is C6H6ClIN2. The Morgan fingerprint density at radius 3 is 2.90 bits per heavy atom. The average Bonchev–Trinajstić information content (AvgIpc) is 1.94. The molecule has 1 aromatic rings. The summed E-state index contributed by atoms with van der Waals surface area (Å²) in [5.74, 6) is 0. The van der Waals surface area contributed by atoms with Crippen molar-refractivity contribution in [3.63, 3.8) is 0 Å². The van der Waals surface area contributed by atoms with Crippen LogP contribution in [-0.4, -0.2) is 4.98 Å². The molecule has 1 heterocycles. The monoisotopic (exact) mass is 268 g/mol. The Morgan fingerprint density at radius 2 is 2.40 bits per heavy atom. The lowest BCUT2D eigenvalue weighted by atomic mass is 10.3.